The third-order valence-corrected chi connectivity index (χ3v) is 5.10. The molecule has 5 heteroatoms. The van der Waals surface area contributed by atoms with Gasteiger partial charge >= 0.3 is 0 Å². The maximum atomic E-state index is 11.9. The molecule has 0 spiro atoms. The Morgan fingerprint density at radius 1 is 0.750 bits per heavy atom. The summed E-state index contributed by atoms with van der Waals surface area (Å²) in [5.41, 5.74) is 0. The molecule has 0 aromatic rings. The minimum atomic E-state index is 0. The number of carbonyl (C=O) groups excluding carboxylic acids is 1. The van der Waals surface area contributed by atoms with Crippen LogP contribution in [0.4, 0.5) is 0 Å². The molecule has 0 aromatic carbocycles. The van der Waals surface area contributed by atoms with Gasteiger partial charge in [0.1, 0.15) is 19.6 Å². The van der Waals surface area contributed by atoms with E-state index in [2.05, 4.69) is 19.1 Å². The summed E-state index contributed by atoms with van der Waals surface area (Å²) in [6, 6.07) is 0. The van der Waals surface area contributed by atoms with E-state index in [0.717, 1.165) is 17.7 Å². The van der Waals surface area contributed by atoms with Gasteiger partial charge in [0.05, 0.1) is 13.2 Å². The van der Waals surface area contributed by atoms with Crippen molar-refractivity contribution in [3.05, 3.63) is 12.2 Å². The predicted molar refractivity (Wildman–Crippen MR) is 114 cm³/mol. The quantitative estimate of drug-likeness (QED) is 0.187. The second-order valence-corrected chi connectivity index (χ2v) is 7.75. The Bertz CT molecular complexity index is 345. The molecule has 0 bridgehead atoms. The standard InChI is InChI=1S/C23H45NO3.ClH/c1-2-3-4-5-6-7-8-9-10-11-12-13-14-15-16-17-23(27)22-24(18-20-25)19-21-26;/h9-10,25-26H,2-8,11-22H2,1H3;1H/b10-9-;. The number of aliphatic hydroxyl groups is 2. The molecule has 4 nitrogen and oxygen atoms in total. The van der Waals surface area contributed by atoms with Crippen molar-refractivity contribution < 1.29 is 32.3 Å². The van der Waals surface area contributed by atoms with Crippen molar-refractivity contribution in [2.75, 3.05) is 32.8 Å². The van der Waals surface area contributed by atoms with E-state index in [0.29, 0.717) is 26.1 Å². The average Bonchev–Trinajstić information content (AvgIpc) is 2.65. The smallest absolute Gasteiger partial charge is 0.186 e. The van der Waals surface area contributed by atoms with Crippen LogP contribution in [0.15, 0.2) is 12.2 Å². The summed E-state index contributed by atoms with van der Waals surface area (Å²) < 4.78 is 0. The molecule has 0 heterocycles. The SMILES string of the molecule is CCCCCCCC/C=C\CCCCCCCC(=O)C[NH+](CCO)CCO.[Cl-]. The molecule has 0 aliphatic heterocycles. The van der Waals surface area contributed by atoms with Crippen molar-refractivity contribution >= 4 is 5.78 Å². The number of halogens is 1. The van der Waals surface area contributed by atoms with Crippen LogP contribution < -0.4 is 17.3 Å². The number of quaternary nitrogens is 1. The zero-order chi connectivity index (χ0) is 20.0. The molecule has 168 valence electrons. The number of unbranched alkanes of at least 4 members (excludes halogenated alkanes) is 11. The van der Waals surface area contributed by atoms with Gasteiger partial charge in [-0.1, -0.05) is 70.4 Å². The second kappa shape index (κ2) is 24.6. The number of allylic oxidation sites excluding steroid dienone is 2. The van der Waals surface area contributed by atoms with E-state index in [9.17, 15) is 4.79 Å². The minimum absolute atomic E-state index is 0. The number of nitrogens with one attached hydrogen (secondary N) is 1. The van der Waals surface area contributed by atoms with Gasteiger partial charge < -0.3 is 27.5 Å². The van der Waals surface area contributed by atoms with Gasteiger partial charge in [0, 0.05) is 6.42 Å². The van der Waals surface area contributed by atoms with Gasteiger partial charge in [0.15, 0.2) is 5.78 Å². The fraction of sp³-hybridized carbons (Fsp3) is 0.870. The second-order valence-electron chi connectivity index (χ2n) is 7.75. The molecule has 0 saturated heterocycles. The summed E-state index contributed by atoms with van der Waals surface area (Å²) in [5, 5.41) is 17.9. The fourth-order valence-electron chi connectivity index (χ4n) is 3.38. The molecule has 0 amide bonds. The van der Waals surface area contributed by atoms with Crippen molar-refractivity contribution in [3.63, 3.8) is 0 Å². The molecule has 0 rings (SSSR count). The first kappa shape index (κ1) is 29.8. The van der Waals surface area contributed by atoms with E-state index in [1.807, 2.05) is 0 Å². The normalized spacial score (nSPS) is 11.3. The van der Waals surface area contributed by atoms with E-state index in [-0.39, 0.29) is 31.4 Å². The lowest BCUT2D eigenvalue weighted by molar-refractivity contribution is -0.892. The first-order valence-corrected chi connectivity index (χ1v) is 11.5. The van der Waals surface area contributed by atoms with E-state index in [1.54, 1.807) is 0 Å². The van der Waals surface area contributed by atoms with Crippen LogP contribution in [0.5, 0.6) is 0 Å². The Balaban J connectivity index is 0. The maximum Gasteiger partial charge on any atom is 0.186 e. The van der Waals surface area contributed by atoms with E-state index in [1.165, 1.54) is 70.6 Å². The van der Waals surface area contributed by atoms with Crippen LogP contribution in [0.2, 0.25) is 0 Å². The molecule has 0 aliphatic rings. The van der Waals surface area contributed by atoms with E-state index in [4.69, 9.17) is 10.2 Å². The molecule has 0 saturated carbocycles. The zero-order valence-electron chi connectivity index (χ0n) is 18.3. The number of ketones is 1. The van der Waals surface area contributed by atoms with Gasteiger partial charge in [-0.15, -0.1) is 0 Å². The Morgan fingerprint density at radius 3 is 1.71 bits per heavy atom. The molecule has 0 aromatic heterocycles. The number of Topliss-reactive ketones (excluding diaryl/α,β-unsaturated/α-hetero) is 1. The van der Waals surface area contributed by atoms with Crippen LogP contribution in [0.1, 0.15) is 96.8 Å². The van der Waals surface area contributed by atoms with Crippen LogP contribution in [-0.4, -0.2) is 48.8 Å². The van der Waals surface area contributed by atoms with Crippen LogP contribution in [0.25, 0.3) is 0 Å². The molecule has 0 atom stereocenters. The third kappa shape index (κ3) is 21.9. The van der Waals surface area contributed by atoms with Crippen LogP contribution in [0.3, 0.4) is 0 Å². The number of aliphatic hydroxyl groups excluding tert-OH is 2. The molecular formula is C23H46ClNO3. The van der Waals surface area contributed by atoms with Gasteiger partial charge in [-0.3, -0.25) is 4.79 Å². The zero-order valence-corrected chi connectivity index (χ0v) is 19.0. The molecule has 0 radical (unpaired) electrons. The molecule has 3 N–H and O–H groups in total. The fourth-order valence-corrected chi connectivity index (χ4v) is 3.38. The van der Waals surface area contributed by atoms with Crippen molar-refractivity contribution in [2.24, 2.45) is 0 Å². The predicted octanol–water partition coefficient (Wildman–Crippen LogP) is 0.467. The van der Waals surface area contributed by atoms with Crippen LogP contribution in [-0.2, 0) is 4.79 Å². The van der Waals surface area contributed by atoms with Crippen molar-refractivity contribution in [2.45, 2.75) is 96.8 Å². The number of hydrogen-bond acceptors (Lipinski definition) is 3. The molecule has 0 aliphatic carbocycles. The lowest BCUT2D eigenvalue weighted by Gasteiger charge is -2.16. The lowest BCUT2D eigenvalue weighted by atomic mass is 10.1. The minimum Gasteiger partial charge on any atom is -1.00 e. The Hall–Kier alpha value is -0.420. The first-order valence-electron chi connectivity index (χ1n) is 11.5. The molecule has 0 unspecified atom stereocenters. The highest BCUT2D eigenvalue weighted by Gasteiger charge is 2.12. The third-order valence-electron chi connectivity index (χ3n) is 5.10. The lowest BCUT2D eigenvalue weighted by Crippen LogP contribution is -3.13. The number of rotatable bonds is 21. The summed E-state index contributed by atoms with van der Waals surface area (Å²) >= 11 is 0. The van der Waals surface area contributed by atoms with Crippen molar-refractivity contribution in [3.8, 4) is 0 Å². The highest BCUT2D eigenvalue weighted by Crippen LogP contribution is 2.09. The first-order chi connectivity index (χ1) is 13.2. The summed E-state index contributed by atoms with van der Waals surface area (Å²) in [5.74, 6) is 0.254. The Morgan fingerprint density at radius 2 is 1.21 bits per heavy atom. The largest absolute Gasteiger partial charge is 1.00 e. The maximum absolute atomic E-state index is 11.9. The monoisotopic (exact) mass is 419 g/mol. The Labute approximate surface area is 180 Å². The molecular weight excluding hydrogens is 374 g/mol. The highest BCUT2D eigenvalue weighted by molar-refractivity contribution is 5.79. The van der Waals surface area contributed by atoms with Gasteiger partial charge in [-0.25, -0.2) is 0 Å². The summed E-state index contributed by atoms with van der Waals surface area (Å²) in [6.07, 6.45) is 21.8. The van der Waals surface area contributed by atoms with Gasteiger partial charge in [0.2, 0.25) is 0 Å². The van der Waals surface area contributed by atoms with Gasteiger partial charge in [0.25, 0.3) is 0 Å². The Kier molecular flexibility index (Phi) is 26.2. The van der Waals surface area contributed by atoms with E-state index < -0.39 is 0 Å². The summed E-state index contributed by atoms with van der Waals surface area (Å²) in [7, 11) is 0. The highest BCUT2D eigenvalue weighted by atomic mass is 35.5. The van der Waals surface area contributed by atoms with Crippen LogP contribution in [0, 0.1) is 0 Å². The van der Waals surface area contributed by atoms with Crippen LogP contribution >= 0.6 is 0 Å². The van der Waals surface area contributed by atoms with Gasteiger partial charge in [-0.2, -0.15) is 0 Å². The molecule has 28 heavy (non-hydrogen) atoms. The summed E-state index contributed by atoms with van der Waals surface area (Å²) in [4.78, 5) is 12.9. The average molecular weight is 420 g/mol. The topological polar surface area (TPSA) is 62.0 Å². The molecule has 0 fully saturated rings. The number of hydrogen-bond donors (Lipinski definition) is 3. The summed E-state index contributed by atoms with van der Waals surface area (Å²) in [6.45, 7) is 3.91. The number of carbonyl (C=O) groups is 1. The van der Waals surface area contributed by atoms with Crippen molar-refractivity contribution in [1.29, 1.82) is 0 Å². The van der Waals surface area contributed by atoms with E-state index >= 15 is 0 Å². The van der Waals surface area contributed by atoms with Crippen molar-refractivity contribution in [1.82, 2.24) is 0 Å². The van der Waals surface area contributed by atoms with Gasteiger partial charge in [-0.05, 0) is 32.1 Å².